The zero-order valence-electron chi connectivity index (χ0n) is 15.1. The van der Waals surface area contributed by atoms with Gasteiger partial charge in [0, 0.05) is 44.7 Å². The summed E-state index contributed by atoms with van der Waals surface area (Å²) >= 11 is 0. The van der Waals surface area contributed by atoms with Crippen molar-refractivity contribution < 1.29 is 19.1 Å². The highest BCUT2D eigenvalue weighted by Gasteiger charge is 2.41. The number of piperidine rings is 1. The van der Waals surface area contributed by atoms with E-state index in [-0.39, 0.29) is 18.5 Å². The number of rotatable bonds is 3. The Morgan fingerprint density at radius 1 is 1.04 bits per heavy atom. The van der Waals surface area contributed by atoms with Gasteiger partial charge in [0.15, 0.2) is 5.79 Å². The number of anilines is 1. The molecule has 140 valence electrons. The largest absolute Gasteiger partial charge is 0.347 e. The molecule has 3 saturated heterocycles. The Morgan fingerprint density at radius 2 is 1.69 bits per heavy atom. The number of urea groups is 1. The molecule has 7 heteroatoms. The smallest absolute Gasteiger partial charge is 0.325 e. The van der Waals surface area contributed by atoms with Crippen LogP contribution in [0.25, 0.3) is 0 Å². The molecule has 0 atom stereocenters. The highest BCUT2D eigenvalue weighted by Crippen LogP contribution is 2.31. The van der Waals surface area contributed by atoms with Crippen molar-refractivity contribution in [3.63, 3.8) is 0 Å². The van der Waals surface area contributed by atoms with E-state index in [2.05, 4.69) is 0 Å². The Hall–Kier alpha value is -2.12. The van der Waals surface area contributed by atoms with Crippen molar-refractivity contribution in [3.8, 4) is 0 Å². The quantitative estimate of drug-likeness (QED) is 0.822. The van der Waals surface area contributed by atoms with Gasteiger partial charge in [-0.05, 0) is 19.1 Å². The van der Waals surface area contributed by atoms with Gasteiger partial charge in [0.1, 0.15) is 6.54 Å². The first-order chi connectivity index (χ1) is 12.6. The Morgan fingerprint density at radius 3 is 2.35 bits per heavy atom. The summed E-state index contributed by atoms with van der Waals surface area (Å²) < 4.78 is 11.4. The van der Waals surface area contributed by atoms with Crippen LogP contribution in [0.15, 0.2) is 24.3 Å². The van der Waals surface area contributed by atoms with Crippen molar-refractivity contribution in [1.29, 1.82) is 0 Å². The van der Waals surface area contributed by atoms with Gasteiger partial charge >= 0.3 is 6.03 Å². The number of hydrogen-bond donors (Lipinski definition) is 0. The minimum absolute atomic E-state index is 0.00282. The third kappa shape index (κ3) is 3.29. The molecule has 3 amide bonds. The molecule has 0 radical (unpaired) electrons. The lowest BCUT2D eigenvalue weighted by molar-refractivity contribution is -0.187. The van der Waals surface area contributed by atoms with Gasteiger partial charge in [0.05, 0.1) is 13.2 Å². The van der Waals surface area contributed by atoms with Crippen molar-refractivity contribution in [2.75, 3.05) is 50.8 Å². The van der Waals surface area contributed by atoms with E-state index in [0.717, 1.165) is 11.3 Å². The van der Waals surface area contributed by atoms with Crippen molar-refractivity contribution in [1.82, 2.24) is 9.80 Å². The highest BCUT2D eigenvalue weighted by molar-refractivity contribution is 5.96. The zero-order chi connectivity index (χ0) is 18.1. The molecule has 0 aromatic heterocycles. The molecular weight excluding hydrogens is 334 g/mol. The molecule has 3 aliphatic rings. The second kappa shape index (κ2) is 6.89. The van der Waals surface area contributed by atoms with Gasteiger partial charge < -0.3 is 19.3 Å². The van der Waals surface area contributed by atoms with Crippen molar-refractivity contribution in [3.05, 3.63) is 29.8 Å². The van der Waals surface area contributed by atoms with Gasteiger partial charge in [0.25, 0.3) is 0 Å². The maximum absolute atomic E-state index is 12.7. The second-order valence-corrected chi connectivity index (χ2v) is 7.18. The van der Waals surface area contributed by atoms with Crippen LogP contribution in [0.5, 0.6) is 0 Å². The van der Waals surface area contributed by atoms with Crippen LogP contribution in [0.4, 0.5) is 10.5 Å². The minimum Gasteiger partial charge on any atom is -0.347 e. The Balaban J connectivity index is 1.32. The van der Waals surface area contributed by atoms with Gasteiger partial charge in [-0.2, -0.15) is 0 Å². The van der Waals surface area contributed by atoms with Crippen LogP contribution >= 0.6 is 0 Å². The fourth-order valence-electron chi connectivity index (χ4n) is 3.84. The molecule has 26 heavy (non-hydrogen) atoms. The van der Waals surface area contributed by atoms with Crippen LogP contribution in [-0.2, 0) is 14.3 Å². The summed E-state index contributed by atoms with van der Waals surface area (Å²) in [7, 11) is 0. The summed E-state index contributed by atoms with van der Waals surface area (Å²) in [5.74, 6) is -0.486. The summed E-state index contributed by atoms with van der Waals surface area (Å²) in [5.41, 5.74) is 2.04. The Bertz CT molecular complexity index is 675. The van der Waals surface area contributed by atoms with E-state index >= 15 is 0 Å². The average molecular weight is 359 g/mol. The fourth-order valence-corrected chi connectivity index (χ4v) is 3.84. The zero-order valence-corrected chi connectivity index (χ0v) is 15.1. The lowest BCUT2D eigenvalue weighted by atomic mass is 10.0. The summed E-state index contributed by atoms with van der Waals surface area (Å²) in [6.45, 7) is 5.82. The summed E-state index contributed by atoms with van der Waals surface area (Å²) in [5, 5.41) is 0. The van der Waals surface area contributed by atoms with E-state index in [1.165, 1.54) is 0 Å². The molecule has 7 nitrogen and oxygen atoms in total. The Kier molecular flexibility index (Phi) is 4.58. The number of carbonyl (C=O) groups is 2. The highest BCUT2D eigenvalue weighted by atomic mass is 16.7. The molecule has 1 aromatic rings. The van der Waals surface area contributed by atoms with Crippen molar-refractivity contribution >= 4 is 17.6 Å². The molecular formula is C19H25N3O4. The average Bonchev–Trinajstić information content (AvgIpc) is 3.24. The lowest BCUT2D eigenvalue weighted by Crippen LogP contribution is -2.50. The second-order valence-electron chi connectivity index (χ2n) is 7.18. The number of aryl methyl sites for hydroxylation is 1. The van der Waals surface area contributed by atoms with Gasteiger partial charge in [-0.25, -0.2) is 4.79 Å². The molecule has 0 unspecified atom stereocenters. The van der Waals surface area contributed by atoms with Crippen LogP contribution < -0.4 is 4.90 Å². The number of likely N-dealkylation sites (tertiary alicyclic amines) is 1. The number of amides is 3. The maximum Gasteiger partial charge on any atom is 0.325 e. The first kappa shape index (κ1) is 17.3. The lowest BCUT2D eigenvalue weighted by Gasteiger charge is -2.38. The van der Waals surface area contributed by atoms with Crippen molar-refractivity contribution in [2.24, 2.45) is 0 Å². The van der Waals surface area contributed by atoms with Crippen LogP contribution in [-0.4, -0.2) is 73.5 Å². The number of hydrogen-bond acceptors (Lipinski definition) is 4. The monoisotopic (exact) mass is 359 g/mol. The summed E-state index contributed by atoms with van der Waals surface area (Å²) in [6, 6.07) is 7.78. The topological polar surface area (TPSA) is 62.3 Å². The van der Waals surface area contributed by atoms with E-state index in [9.17, 15) is 9.59 Å². The third-order valence-electron chi connectivity index (χ3n) is 5.46. The van der Waals surface area contributed by atoms with E-state index < -0.39 is 5.79 Å². The van der Waals surface area contributed by atoms with E-state index in [4.69, 9.17) is 9.47 Å². The van der Waals surface area contributed by atoms with E-state index in [0.29, 0.717) is 52.2 Å². The minimum atomic E-state index is -0.484. The molecule has 0 aliphatic carbocycles. The Labute approximate surface area is 153 Å². The molecule has 0 bridgehead atoms. The number of benzene rings is 1. The first-order valence-electron chi connectivity index (χ1n) is 9.25. The molecule has 3 heterocycles. The SMILES string of the molecule is Cc1ccc(N2CCN(CC(=O)N3CCC4(CC3)OCCO4)C2=O)cc1. The van der Waals surface area contributed by atoms with Gasteiger partial charge in [-0.1, -0.05) is 17.7 Å². The van der Waals surface area contributed by atoms with Gasteiger partial charge in [-0.15, -0.1) is 0 Å². The predicted molar refractivity (Wildman–Crippen MR) is 95.9 cm³/mol. The normalized spacial score (nSPS) is 22.5. The van der Waals surface area contributed by atoms with Crippen molar-refractivity contribution in [2.45, 2.75) is 25.6 Å². The number of ether oxygens (including phenoxy) is 2. The number of nitrogens with zero attached hydrogens (tertiary/aromatic N) is 3. The molecule has 1 aromatic carbocycles. The molecule has 4 rings (SSSR count). The third-order valence-corrected chi connectivity index (χ3v) is 5.46. The summed E-state index contributed by atoms with van der Waals surface area (Å²) in [6.07, 6.45) is 1.39. The van der Waals surface area contributed by atoms with E-state index in [1.54, 1.807) is 9.80 Å². The van der Waals surface area contributed by atoms with Crippen LogP contribution in [0, 0.1) is 6.92 Å². The van der Waals surface area contributed by atoms with Gasteiger partial charge in [0.2, 0.25) is 5.91 Å². The van der Waals surface area contributed by atoms with Crippen LogP contribution in [0.1, 0.15) is 18.4 Å². The first-order valence-corrected chi connectivity index (χ1v) is 9.25. The van der Waals surface area contributed by atoms with Gasteiger partial charge in [-0.3, -0.25) is 9.69 Å². The molecule has 0 saturated carbocycles. The molecule has 3 fully saturated rings. The van der Waals surface area contributed by atoms with E-state index in [1.807, 2.05) is 36.1 Å². The molecule has 0 N–H and O–H groups in total. The number of carbonyl (C=O) groups excluding carboxylic acids is 2. The van der Waals surface area contributed by atoms with Crippen LogP contribution in [0.2, 0.25) is 0 Å². The van der Waals surface area contributed by atoms with Crippen LogP contribution in [0.3, 0.4) is 0 Å². The molecule has 1 spiro atoms. The summed E-state index contributed by atoms with van der Waals surface area (Å²) in [4.78, 5) is 30.5. The maximum atomic E-state index is 12.7. The standard InChI is InChI=1S/C19H25N3O4/c1-15-2-4-16(5-3-15)22-11-10-21(18(22)24)14-17(23)20-8-6-19(7-9-20)25-12-13-26-19/h2-5H,6-14H2,1H3. The fraction of sp³-hybridized carbons (Fsp3) is 0.579. The molecule has 3 aliphatic heterocycles. The predicted octanol–water partition coefficient (Wildman–Crippen LogP) is 1.60.